The van der Waals surface area contributed by atoms with Crippen LogP contribution in [0.25, 0.3) is 0 Å². The number of carbonyl (C=O) groups excluding carboxylic acids is 1. The van der Waals surface area contributed by atoms with Gasteiger partial charge in [-0.3, -0.25) is 4.79 Å². The number of carbonyl (C=O) groups is 1. The monoisotopic (exact) mass is 344 g/mol. The van der Waals surface area contributed by atoms with Crippen LogP contribution in [0.5, 0.6) is 11.5 Å². The lowest BCUT2D eigenvalue weighted by Crippen LogP contribution is -2.40. The zero-order valence-corrected chi connectivity index (χ0v) is 15.2. The lowest BCUT2D eigenvalue weighted by Gasteiger charge is -2.19. The lowest BCUT2D eigenvalue weighted by atomic mass is 10.1. The number of amides is 1. The number of hydrogen-bond acceptors (Lipinski definition) is 6. The second-order valence-electron chi connectivity index (χ2n) is 6.53. The topological polar surface area (TPSA) is 85.4 Å². The number of rotatable bonds is 6. The fourth-order valence-corrected chi connectivity index (χ4v) is 2.12. The zero-order chi connectivity index (χ0) is 18.4. The van der Waals surface area contributed by atoms with Crippen molar-refractivity contribution in [3.05, 3.63) is 41.9 Å². The van der Waals surface area contributed by atoms with E-state index in [0.29, 0.717) is 23.9 Å². The molecular weight excluding hydrogens is 320 g/mol. The number of hydrogen-bond donors (Lipinski definition) is 2. The molecule has 2 aromatic rings. The average Bonchev–Trinajstić information content (AvgIpc) is 2.58. The van der Waals surface area contributed by atoms with Crippen molar-refractivity contribution in [3.63, 3.8) is 0 Å². The Morgan fingerprint density at radius 1 is 1.08 bits per heavy atom. The van der Waals surface area contributed by atoms with Crippen molar-refractivity contribution >= 4 is 11.7 Å². The normalized spacial score (nSPS) is 10.9. The van der Waals surface area contributed by atoms with E-state index in [2.05, 4.69) is 20.6 Å². The van der Waals surface area contributed by atoms with Crippen LogP contribution in [0.2, 0.25) is 0 Å². The Hall–Kier alpha value is -2.83. The molecule has 0 saturated heterocycles. The number of ether oxygens (including phenoxy) is 2. The minimum absolute atomic E-state index is 0.244. The molecule has 0 aliphatic heterocycles. The van der Waals surface area contributed by atoms with E-state index in [0.717, 1.165) is 5.56 Å². The Labute approximate surface area is 147 Å². The first-order valence-electron chi connectivity index (χ1n) is 7.91. The van der Waals surface area contributed by atoms with Gasteiger partial charge in [0, 0.05) is 12.1 Å². The first kappa shape index (κ1) is 18.5. The molecule has 1 aromatic carbocycles. The van der Waals surface area contributed by atoms with Crippen LogP contribution < -0.4 is 20.1 Å². The van der Waals surface area contributed by atoms with Crippen LogP contribution in [0.3, 0.4) is 0 Å². The van der Waals surface area contributed by atoms with Gasteiger partial charge in [0.25, 0.3) is 5.91 Å². The van der Waals surface area contributed by atoms with Gasteiger partial charge < -0.3 is 20.1 Å². The second kappa shape index (κ2) is 7.83. The highest BCUT2D eigenvalue weighted by Crippen LogP contribution is 2.27. The number of anilines is 1. The van der Waals surface area contributed by atoms with E-state index in [9.17, 15) is 4.79 Å². The van der Waals surface area contributed by atoms with Gasteiger partial charge in [0.2, 0.25) is 0 Å². The zero-order valence-electron chi connectivity index (χ0n) is 15.2. The Balaban J connectivity index is 1.99. The van der Waals surface area contributed by atoms with E-state index in [1.165, 1.54) is 6.20 Å². The van der Waals surface area contributed by atoms with Gasteiger partial charge in [0.05, 0.1) is 26.6 Å². The lowest BCUT2D eigenvalue weighted by molar-refractivity contribution is 0.0914. The Morgan fingerprint density at radius 2 is 1.80 bits per heavy atom. The maximum Gasteiger partial charge on any atom is 0.271 e. The molecule has 0 aliphatic rings. The first-order chi connectivity index (χ1) is 11.8. The molecule has 0 aliphatic carbocycles. The summed E-state index contributed by atoms with van der Waals surface area (Å²) in [6.45, 7) is 6.29. The highest BCUT2D eigenvalue weighted by Gasteiger charge is 2.16. The molecular formula is C18H24N4O3. The van der Waals surface area contributed by atoms with Crippen LogP contribution in [0.1, 0.15) is 36.8 Å². The largest absolute Gasteiger partial charge is 0.493 e. The molecule has 7 heteroatoms. The summed E-state index contributed by atoms with van der Waals surface area (Å²) in [6, 6.07) is 5.68. The number of methoxy groups -OCH3 is 2. The third-order valence-electron chi connectivity index (χ3n) is 3.29. The van der Waals surface area contributed by atoms with E-state index in [-0.39, 0.29) is 17.1 Å². The van der Waals surface area contributed by atoms with Gasteiger partial charge in [0.15, 0.2) is 11.5 Å². The summed E-state index contributed by atoms with van der Waals surface area (Å²) < 4.78 is 10.5. The molecule has 2 N–H and O–H groups in total. The maximum atomic E-state index is 12.0. The second-order valence-corrected chi connectivity index (χ2v) is 6.53. The van der Waals surface area contributed by atoms with Crippen LogP contribution >= 0.6 is 0 Å². The third-order valence-corrected chi connectivity index (χ3v) is 3.29. The predicted molar refractivity (Wildman–Crippen MR) is 96.1 cm³/mol. The summed E-state index contributed by atoms with van der Waals surface area (Å²) in [6.07, 6.45) is 3.00. The van der Waals surface area contributed by atoms with Gasteiger partial charge in [-0.25, -0.2) is 9.97 Å². The molecule has 1 aromatic heterocycles. The van der Waals surface area contributed by atoms with Crippen molar-refractivity contribution in [2.45, 2.75) is 32.9 Å². The van der Waals surface area contributed by atoms with Gasteiger partial charge in [-0.05, 0) is 38.5 Å². The van der Waals surface area contributed by atoms with Crippen molar-refractivity contribution < 1.29 is 14.3 Å². The van der Waals surface area contributed by atoms with Crippen molar-refractivity contribution in [1.29, 1.82) is 0 Å². The van der Waals surface area contributed by atoms with Crippen molar-refractivity contribution in [2.75, 3.05) is 19.5 Å². The molecule has 0 unspecified atom stereocenters. The van der Waals surface area contributed by atoms with Gasteiger partial charge in [-0.2, -0.15) is 0 Å². The van der Waals surface area contributed by atoms with Crippen molar-refractivity contribution in [2.24, 2.45) is 0 Å². The number of benzene rings is 1. The highest BCUT2D eigenvalue weighted by molar-refractivity contribution is 5.92. The standard InChI is InChI=1S/C18H24N4O3/c1-18(2,3)22-17(23)13-10-21-16(11-19-13)20-9-12-6-7-14(24-4)15(8-12)25-5/h6-8,10-11H,9H2,1-5H3,(H,20,21)(H,22,23). The van der Waals surface area contributed by atoms with E-state index < -0.39 is 0 Å². The van der Waals surface area contributed by atoms with Gasteiger partial charge in [0.1, 0.15) is 11.5 Å². The highest BCUT2D eigenvalue weighted by atomic mass is 16.5. The number of nitrogens with zero attached hydrogens (tertiary/aromatic N) is 2. The quantitative estimate of drug-likeness (QED) is 0.838. The average molecular weight is 344 g/mol. The SMILES string of the molecule is COc1ccc(CNc2cnc(C(=O)NC(C)(C)C)cn2)cc1OC. The third kappa shape index (κ3) is 5.34. The van der Waals surface area contributed by atoms with Gasteiger partial charge in [-0.1, -0.05) is 6.07 Å². The molecule has 0 bridgehead atoms. The number of nitrogens with one attached hydrogen (secondary N) is 2. The van der Waals surface area contributed by atoms with Crippen LogP contribution in [-0.2, 0) is 6.54 Å². The minimum Gasteiger partial charge on any atom is -0.493 e. The number of aromatic nitrogens is 2. The minimum atomic E-state index is -0.316. The van der Waals surface area contributed by atoms with Crippen LogP contribution in [0, 0.1) is 0 Å². The van der Waals surface area contributed by atoms with Crippen molar-refractivity contribution in [1.82, 2.24) is 15.3 Å². The summed E-state index contributed by atoms with van der Waals surface area (Å²) in [7, 11) is 3.20. The van der Waals surface area contributed by atoms with Gasteiger partial charge in [-0.15, -0.1) is 0 Å². The molecule has 1 heterocycles. The van der Waals surface area contributed by atoms with E-state index in [4.69, 9.17) is 9.47 Å². The molecule has 25 heavy (non-hydrogen) atoms. The van der Waals surface area contributed by atoms with Crippen LogP contribution in [0.15, 0.2) is 30.6 Å². The van der Waals surface area contributed by atoms with E-state index >= 15 is 0 Å². The molecule has 7 nitrogen and oxygen atoms in total. The maximum absolute atomic E-state index is 12.0. The summed E-state index contributed by atoms with van der Waals surface area (Å²) >= 11 is 0. The Kier molecular flexibility index (Phi) is 5.80. The Bertz CT molecular complexity index is 724. The molecule has 0 atom stereocenters. The molecule has 0 fully saturated rings. The summed E-state index contributed by atoms with van der Waals surface area (Å²) in [5.41, 5.74) is 0.976. The van der Waals surface area contributed by atoms with E-state index in [1.807, 2.05) is 39.0 Å². The summed E-state index contributed by atoms with van der Waals surface area (Å²) in [5, 5.41) is 6.01. The fourth-order valence-electron chi connectivity index (χ4n) is 2.12. The smallest absolute Gasteiger partial charge is 0.271 e. The first-order valence-corrected chi connectivity index (χ1v) is 7.91. The van der Waals surface area contributed by atoms with E-state index in [1.54, 1.807) is 20.4 Å². The molecule has 1 amide bonds. The molecule has 2 rings (SSSR count). The molecule has 0 spiro atoms. The predicted octanol–water partition coefficient (Wildman–Crippen LogP) is 2.63. The molecule has 0 radical (unpaired) electrons. The molecule has 134 valence electrons. The molecule has 0 saturated carbocycles. The summed E-state index contributed by atoms with van der Waals surface area (Å²) in [4.78, 5) is 20.4. The van der Waals surface area contributed by atoms with Crippen molar-refractivity contribution in [3.8, 4) is 11.5 Å². The van der Waals surface area contributed by atoms with Crippen LogP contribution in [0.4, 0.5) is 5.82 Å². The van der Waals surface area contributed by atoms with Crippen LogP contribution in [-0.4, -0.2) is 35.6 Å². The fraction of sp³-hybridized carbons (Fsp3) is 0.389. The summed E-state index contributed by atoms with van der Waals surface area (Å²) in [5.74, 6) is 1.69. The van der Waals surface area contributed by atoms with Gasteiger partial charge >= 0.3 is 0 Å². The Morgan fingerprint density at radius 3 is 2.36 bits per heavy atom.